The van der Waals surface area contributed by atoms with Crippen LogP contribution in [0.5, 0.6) is 0 Å². The Morgan fingerprint density at radius 3 is 2.39 bits per heavy atom. The number of thiophene rings is 1. The fraction of sp³-hybridized carbons (Fsp3) is 0.333. The van der Waals surface area contributed by atoms with E-state index in [1.807, 2.05) is 47.8 Å². The van der Waals surface area contributed by atoms with Crippen LogP contribution in [0.25, 0.3) is 0 Å². The number of carbonyl (C=O) groups is 2. The van der Waals surface area contributed by atoms with Gasteiger partial charge in [-0.25, -0.2) is 9.18 Å². The molecule has 0 atom stereocenters. The Morgan fingerprint density at radius 1 is 0.944 bits per heavy atom. The van der Waals surface area contributed by atoms with Gasteiger partial charge in [-0.15, -0.1) is 11.3 Å². The highest BCUT2D eigenvalue weighted by Gasteiger charge is 2.23. The number of rotatable bonds is 10. The Kier molecular flexibility index (Phi) is 9.43. The molecule has 0 unspecified atom stereocenters. The number of nitrogens with zero attached hydrogens (tertiary/aromatic N) is 3. The van der Waals surface area contributed by atoms with Gasteiger partial charge >= 0.3 is 6.03 Å². The van der Waals surface area contributed by atoms with E-state index in [1.165, 1.54) is 12.1 Å². The molecule has 3 amide bonds. The van der Waals surface area contributed by atoms with Gasteiger partial charge in [-0.05, 0) is 41.3 Å². The Bertz CT molecular complexity index is 1090. The molecule has 0 bridgehead atoms. The zero-order valence-corrected chi connectivity index (χ0v) is 21.0. The molecule has 1 aromatic heterocycles. The highest BCUT2D eigenvalue weighted by atomic mass is 32.1. The zero-order chi connectivity index (χ0) is 25.2. The van der Waals surface area contributed by atoms with E-state index in [4.69, 9.17) is 4.74 Å². The second kappa shape index (κ2) is 13.2. The minimum absolute atomic E-state index is 0.0599. The monoisotopic (exact) mass is 510 g/mol. The lowest BCUT2D eigenvalue weighted by atomic mass is 10.2. The SMILES string of the molecule is O=C(CN(CCN1CCOCC1)C(=O)Nc1ccccc1)N(Cc1ccc(F)cc1)Cc1cccs1. The molecule has 0 radical (unpaired) electrons. The van der Waals surface area contributed by atoms with Crippen molar-refractivity contribution in [2.75, 3.05) is 51.3 Å². The number of morpholine rings is 1. The number of halogens is 1. The van der Waals surface area contributed by atoms with Gasteiger partial charge in [0.15, 0.2) is 0 Å². The summed E-state index contributed by atoms with van der Waals surface area (Å²) in [5.74, 6) is -0.486. The first-order chi connectivity index (χ1) is 17.6. The number of para-hydroxylation sites is 1. The average molecular weight is 511 g/mol. The Hall–Kier alpha value is -3.27. The van der Waals surface area contributed by atoms with Crippen molar-refractivity contribution in [1.82, 2.24) is 14.7 Å². The number of hydrogen-bond donors (Lipinski definition) is 1. The topological polar surface area (TPSA) is 65.1 Å². The maximum atomic E-state index is 13.6. The van der Waals surface area contributed by atoms with Crippen molar-refractivity contribution >= 4 is 29.0 Å². The Morgan fingerprint density at radius 2 is 1.69 bits per heavy atom. The molecule has 1 saturated heterocycles. The first-order valence-electron chi connectivity index (χ1n) is 12.0. The molecule has 190 valence electrons. The van der Waals surface area contributed by atoms with Gasteiger partial charge < -0.3 is 19.9 Å². The lowest BCUT2D eigenvalue weighted by Gasteiger charge is -2.31. The first-order valence-corrected chi connectivity index (χ1v) is 12.9. The summed E-state index contributed by atoms with van der Waals surface area (Å²) in [6, 6.07) is 19.0. The van der Waals surface area contributed by atoms with Crippen molar-refractivity contribution in [3.63, 3.8) is 0 Å². The van der Waals surface area contributed by atoms with Crippen molar-refractivity contribution in [2.45, 2.75) is 13.1 Å². The van der Waals surface area contributed by atoms with Crippen LogP contribution < -0.4 is 5.32 Å². The van der Waals surface area contributed by atoms with Crippen molar-refractivity contribution in [3.05, 3.63) is 88.4 Å². The molecule has 9 heteroatoms. The fourth-order valence-corrected chi connectivity index (χ4v) is 4.68. The summed E-state index contributed by atoms with van der Waals surface area (Å²) in [4.78, 5) is 33.3. The van der Waals surface area contributed by atoms with Gasteiger partial charge in [0, 0.05) is 43.3 Å². The summed E-state index contributed by atoms with van der Waals surface area (Å²) in [5.41, 5.74) is 1.50. The van der Waals surface area contributed by atoms with Crippen LogP contribution in [0.1, 0.15) is 10.4 Å². The van der Waals surface area contributed by atoms with Gasteiger partial charge in [0.25, 0.3) is 0 Å². The molecule has 1 fully saturated rings. The van der Waals surface area contributed by atoms with Crippen LogP contribution in [0.4, 0.5) is 14.9 Å². The van der Waals surface area contributed by atoms with Crippen LogP contribution in [-0.4, -0.2) is 72.6 Å². The molecular formula is C27H31FN4O3S. The molecule has 3 aromatic rings. The number of hydrogen-bond acceptors (Lipinski definition) is 5. The van der Waals surface area contributed by atoms with Gasteiger partial charge in [-0.3, -0.25) is 9.69 Å². The van der Waals surface area contributed by atoms with E-state index in [0.29, 0.717) is 45.1 Å². The predicted molar refractivity (Wildman–Crippen MR) is 139 cm³/mol. The fourth-order valence-electron chi connectivity index (χ4n) is 3.96. The number of nitrogens with one attached hydrogen (secondary N) is 1. The van der Waals surface area contributed by atoms with E-state index in [1.54, 1.807) is 33.3 Å². The van der Waals surface area contributed by atoms with Crippen molar-refractivity contribution < 1.29 is 18.7 Å². The highest BCUT2D eigenvalue weighted by Crippen LogP contribution is 2.16. The Balaban J connectivity index is 1.47. The minimum atomic E-state index is -0.319. The molecular weight excluding hydrogens is 479 g/mol. The van der Waals surface area contributed by atoms with E-state index in [-0.39, 0.29) is 24.3 Å². The van der Waals surface area contributed by atoms with Gasteiger partial charge in [0.2, 0.25) is 5.91 Å². The molecule has 1 N–H and O–H groups in total. The summed E-state index contributed by atoms with van der Waals surface area (Å²) in [6.45, 7) is 4.70. The number of carbonyl (C=O) groups excluding carboxylic acids is 2. The molecule has 2 aromatic carbocycles. The smallest absolute Gasteiger partial charge is 0.322 e. The van der Waals surface area contributed by atoms with Crippen LogP contribution in [0.3, 0.4) is 0 Å². The molecule has 36 heavy (non-hydrogen) atoms. The normalized spacial score (nSPS) is 13.8. The number of anilines is 1. The molecule has 0 aliphatic carbocycles. The third kappa shape index (κ3) is 7.87. The third-order valence-corrected chi connectivity index (χ3v) is 6.86. The quantitative estimate of drug-likeness (QED) is 0.442. The second-order valence-electron chi connectivity index (χ2n) is 8.63. The van der Waals surface area contributed by atoms with Crippen LogP contribution in [0.2, 0.25) is 0 Å². The van der Waals surface area contributed by atoms with E-state index < -0.39 is 0 Å². The van der Waals surface area contributed by atoms with E-state index in [2.05, 4.69) is 10.2 Å². The van der Waals surface area contributed by atoms with Crippen LogP contribution in [0, 0.1) is 5.82 Å². The highest BCUT2D eigenvalue weighted by molar-refractivity contribution is 7.09. The molecule has 1 aliphatic heterocycles. The molecule has 4 rings (SSSR count). The van der Waals surface area contributed by atoms with Crippen molar-refractivity contribution in [2.24, 2.45) is 0 Å². The van der Waals surface area contributed by atoms with E-state index >= 15 is 0 Å². The van der Waals surface area contributed by atoms with Gasteiger partial charge in [-0.1, -0.05) is 36.4 Å². The average Bonchev–Trinajstić information content (AvgIpc) is 3.41. The number of urea groups is 1. The largest absolute Gasteiger partial charge is 0.379 e. The first kappa shape index (κ1) is 25.8. The standard InChI is InChI=1S/C27H31FN4O3S/c28-23-10-8-22(9-11-23)19-32(20-25-7-4-18-36-25)26(33)21-31(13-12-30-14-16-35-17-15-30)27(34)29-24-5-2-1-3-6-24/h1-11,18H,12-17,19-21H2,(H,29,34). The molecule has 7 nitrogen and oxygen atoms in total. The van der Waals surface area contributed by atoms with Crippen molar-refractivity contribution in [1.29, 1.82) is 0 Å². The van der Waals surface area contributed by atoms with Gasteiger partial charge in [0.1, 0.15) is 12.4 Å². The van der Waals surface area contributed by atoms with Crippen molar-refractivity contribution in [3.8, 4) is 0 Å². The zero-order valence-electron chi connectivity index (χ0n) is 20.1. The lowest BCUT2D eigenvalue weighted by molar-refractivity contribution is -0.133. The van der Waals surface area contributed by atoms with Crippen LogP contribution in [-0.2, 0) is 22.6 Å². The summed E-state index contributed by atoms with van der Waals surface area (Å²) in [5, 5.41) is 4.88. The summed E-state index contributed by atoms with van der Waals surface area (Å²) in [7, 11) is 0. The van der Waals surface area contributed by atoms with E-state index in [0.717, 1.165) is 23.5 Å². The lowest BCUT2D eigenvalue weighted by Crippen LogP contribution is -2.48. The third-order valence-electron chi connectivity index (χ3n) is 5.99. The summed E-state index contributed by atoms with van der Waals surface area (Å²) >= 11 is 1.57. The maximum absolute atomic E-state index is 13.6. The number of benzene rings is 2. The molecule has 1 aliphatic rings. The summed E-state index contributed by atoms with van der Waals surface area (Å²) in [6.07, 6.45) is 0. The minimum Gasteiger partial charge on any atom is -0.379 e. The van der Waals surface area contributed by atoms with Crippen LogP contribution in [0.15, 0.2) is 72.1 Å². The van der Waals surface area contributed by atoms with Gasteiger partial charge in [-0.2, -0.15) is 0 Å². The van der Waals surface area contributed by atoms with E-state index in [9.17, 15) is 14.0 Å². The second-order valence-corrected chi connectivity index (χ2v) is 9.66. The number of ether oxygens (including phenoxy) is 1. The number of amides is 3. The molecule has 0 saturated carbocycles. The summed E-state index contributed by atoms with van der Waals surface area (Å²) < 4.78 is 18.8. The molecule has 0 spiro atoms. The molecule has 2 heterocycles. The van der Waals surface area contributed by atoms with Crippen LogP contribution >= 0.6 is 11.3 Å². The maximum Gasteiger partial charge on any atom is 0.322 e. The van der Waals surface area contributed by atoms with Gasteiger partial charge in [0.05, 0.1) is 19.8 Å². The predicted octanol–water partition coefficient (Wildman–Crippen LogP) is 4.28. The Labute approximate surface area is 215 Å².